The third-order valence-corrected chi connectivity index (χ3v) is 3.31. The van der Waals surface area contributed by atoms with Crippen molar-refractivity contribution in [2.45, 2.75) is 0 Å². The first-order valence-corrected chi connectivity index (χ1v) is 6.64. The minimum atomic E-state index is -0.259. The molecule has 0 saturated carbocycles. The highest BCUT2D eigenvalue weighted by atomic mass is 16.5. The summed E-state index contributed by atoms with van der Waals surface area (Å²) in [7, 11) is 6.07. The fraction of sp³-hybridized carbons (Fsp3) is 0.235. The summed E-state index contributed by atoms with van der Waals surface area (Å²) >= 11 is 0. The highest BCUT2D eigenvalue weighted by Crippen LogP contribution is 2.34. The third kappa shape index (κ3) is 2.83. The van der Waals surface area contributed by atoms with E-state index >= 15 is 0 Å². The standard InChI is InChI=1S/C17H18O5/c1-19-11-8-9-13(20-2)12(10-11)17(18)16-14(21-3)6-5-7-15(16)22-4/h5-10H,1-4H3. The van der Waals surface area contributed by atoms with Gasteiger partial charge in [0.15, 0.2) is 0 Å². The van der Waals surface area contributed by atoms with Crippen molar-refractivity contribution in [3.05, 3.63) is 47.5 Å². The molecule has 0 bridgehead atoms. The Labute approximate surface area is 129 Å². The van der Waals surface area contributed by atoms with E-state index in [2.05, 4.69) is 0 Å². The second-order valence-corrected chi connectivity index (χ2v) is 4.43. The Hall–Kier alpha value is -2.69. The van der Waals surface area contributed by atoms with Crippen LogP contribution >= 0.6 is 0 Å². The maximum absolute atomic E-state index is 13.0. The highest BCUT2D eigenvalue weighted by molar-refractivity contribution is 6.14. The molecule has 0 radical (unpaired) electrons. The fourth-order valence-electron chi connectivity index (χ4n) is 2.20. The molecule has 116 valence electrons. The Morgan fingerprint density at radius 3 is 1.86 bits per heavy atom. The highest BCUT2D eigenvalue weighted by Gasteiger charge is 2.23. The molecule has 0 aromatic heterocycles. The molecule has 0 saturated heterocycles. The van der Waals surface area contributed by atoms with Crippen LogP contribution < -0.4 is 18.9 Å². The molecule has 2 rings (SSSR count). The Bertz CT molecular complexity index is 656. The summed E-state index contributed by atoms with van der Waals surface area (Å²) in [5, 5.41) is 0. The van der Waals surface area contributed by atoms with Gasteiger partial charge in [-0.1, -0.05) is 6.07 Å². The van der Waals surface area contributed by atoms with Gasteiger partial charge < -0.3 is 18.9 Å². The minimum absolute atomic E-state index is 0.259. The van der Waals surface area contributed by atoms with Gasteiger partial charge in [0.05, 0.1) is 34.0 Å². The topological polar surface area (TPSA) is 54.0 Å². The number of methoxy groups -OCH3 is 4. The van der Waals surface area contributed by atoms with Crippen LogP contribution in [0.15, 0.2) is 36.4 Å². The van der Waals surface area contributed by atoms with Crippen LogP contribution in [0.1, 0.15) is 15.9 Å². The van der Waals surface area contributed by atoms with Crippen molar-refractivity contribution in [2.24, 2.45) is 0 Å². The maximum atomic E-state index is 13.0. The third-order valence-electron chi connectivity index (χ3n) is 3.31. The largest absolute Gasteiger partial charge is 0.497 e. The van der Waals surface area contributed by atoms with E-state index in [0.717, 1.165) is 0 Å². The van der Waals surface area contributed by atoms with Gasteiger partial charge in [-0.05, 0) is 30.3 Å². The summed E-state index contributed by atoms with van der Waals surface area (Å²) in [4.78, 5) is 13.0. The van der Waals surface area contributed by atoms with E-state index in [9.17, 15) is 4.79 Å². The Morgan fingerprint density at radius 2 is 1.36 bits per heavy atom. The molecule has 2 aromatic rings. The van der Waals surface area contributed by atoms with Gasteiger partial charge in [-0.25, -0.2) is 0 Å². The lowest BCUT2D eigenvalue weighted by molar-refractivity contribution is 0.103. The second-order valence-electron chi connectivity index (χ2n) is 4.43. The zero-order valence-corrected chi connectivity index (χ0v) is 13.0. The van der Waals surface area contributed by atoms with Crippen LogP contribution in [0.25, 0.3) is 0 Å². The van der Waals surface area contributed by atoms with Crippen molar-refractivity contribution in [3.63, 3.8) is 0 Å². The smallest absolute Gasteiger partial charge is 0.204 e. The van der Waals surface area contributed by atoms with Crippen LogP contribution in [0.5, 0.6) is 23.0 Å². The zero-order valence-electron chi connectivity index (χ0n) is 13.0. The van der Waals surface area contributed by atoms with Crippen LogP contribution in [-0.2, 0) is 0 Å². The van der Waals surface area contributed by atoms with Crippen LogP contribution in [0.2, 0.25) is 0 Å². The normalized spacial score (nSPS) is 10.0. The van der Waals surface area contributed by atoms with E-state index in [1.165, 1.54) is 21.3 Å². The van der Waals surface area contributed by atoms with Gasteiger partial charge >= 0.3 is 0 Å². The first-order chi connectivity index (χ1) is 10.7. The number of carbonyl (C=O) groups excluding carboxylic acids is 1. The molecule has 0 heterocycles. The molecule has 0 N–H and O–H groups in total. The lowest BCUT2D eigenvalue weighted by atomic mass is 10.00. The van der Waals surface area contributed by atoms with E-state index in [4.69, 9.17) is 18.9 Å². The maximum Gasteiger partial charge on any atom is 0.204 e. The van der Waals surface area contributed by atoms with Crippen molar-refractivity contribution in [3.8, 4) is 23.0 Å². The first-order valence-electron chi connectivity index (χ1n) is 6.64. The van der Waals surface area contributed by atoms with Crippen molar-refractivity contribution >= 4 is 5.78 Å². The minimum Gasteiger partial charge on any atom is -0.497 e. The molecule has 5 heteroatoms. The monoisotopic (exact) mass is 302 g/mol. The van der Waals surface area contributed by atoms with Gasteiger partial charge in [-0.3, -0.25) is 4.79 Å². The van der Waals surface area contributed by atoms with Gasteiger partial charge in [0.1, 0.15) is 28.6 Å². The molecule has 0 unspecified atom stereocenters. The number of carbonyl (C=O) groups is 1. The molecule has 5 nitrogen and oxygen atoms in total. The number of rotatable bonds is 6. The average Bonchev–Trinajstić information content (AvgIpc) is 2.59. The van der Waals surface area contributed by atoms with Gasteiger partial charge in [-0.15, -0.1) is 0 Å². The first kappa shape index (κ1) is 15.7. The number of hydrogen-bond acceptors (Lipinski definition) is 5. The van der Waals surface area contributed by atoms with Gasteiger partial charge in [0.2, 0.25) is 5.78 Å². The van der Waals surface area contributed by atoms with Gasteiger partial charge in [0.25, 0.3) is 0 Å². The van der Waals surface area contributed by atoms with E-state index in [0.29, 0.717) is 34.1 Å². The Morgan fingerprint density at radius 1 is 0.773 bits per heavy atom. The van der Waals surface area contributed by atoms with Crippen LogP contribution in [0, 0.1) is 0 Å². The summed E-state index contributed by atoms with van der Waals surface area (Å²) in [5.74, 6) is 1.64. The van der Waals surface area contributed by atoms with Gasteiger partial charge in [0, 0.05) is 0 Å². The number of ether oxygens (including phenoxy) is 4. The van der Waals surface area contributed by atoms with E-state index in [1.54, 1.807) is 43.5 Å². The molecule has 0 fully saturated rings. The molecular weight excluding hydrogens is 284 g/mol. The molecule has 0 amide bonds. The van der Waals surface area contributed by atoms with E-state index in [1.807, 2.05) is 0 Å². The van der Waals surface area contributed by atoms with Crippen molar-refractivity contribution < 1.29 is 23.7 Å². The zero-order chi connectivity index (χ0) is 16.1. The molecule has 22 heavy (non-hydrogen) atoms. The molecule has 0 atom stereocenters. The number of hydrogen-bond donors (Lipinski definition) is 0. The van der Waals surface area contributed by atoms with Gasteiger partial charge in [-0.2, -0.15) is 0 Å². The quantitative estimate of drug-likeness (QED) is 0.768. The van der Waals surface area contributed by atoms with E-state index < -0.39 is 0 Å². The van der Waals surface area contributed by atoms with E-state index in [-0.39, 0.29) is 5.78 Å². The Balaban J connectivity index is 2.62. The lowest BCUT2D eigenvalue weighted by Crippen LogP contribution is -2.08. The molecule has 0 aliphatic heterocycles. The van der Waals surface area contributed by atoms with Crippen LogP contribution in [0.4, 0.5) is 0 Å². The predicted molar refractivity (Wildman–Crippen MR) is 82.5 cm³/mol. The summed E-state index contributed by atoms with van der Waals surface area (Å²) in [6.07, 6.45) is 0. The summed E-state index contributed by atoms with van der Waals surface area (Å²) in [6, 6.07) is 10.2. The predicted octanol–water partition coefficient (Wildman–Crippen LogP) is 2.95. The van der Waals surface area contributed by atoms with Crippen LogP contribution in [0.3, 0.4) is 0 Å². The molecular formula is C17H18O5. The van der Waals surface area contributed by atoms with Crippen molar-refractivity contribution in [1.29, 1.82) is 0 Å². The fourth-order valence-corrected chi connectivity index (χ4v) is 2.20. The molecule has 0 spiro atoms. The summed E-state index contributed by atoms with van der Waals surface area (Å²) < 4.78 is 21.0. The molecule has 0 aliphatic rings. The lowest BCUT2D eigenvalue weighted by Gasteiger charge is -2.14. The average molecular weight is 302 g/mol. The molecule has 0 aliphatic carbocycles. The second kappa shape index (κ2) is 6.85. The summed E-state index contributed by atoms with van der Waals surface area (Å²) in [5.41, 5.74) is 0.726. The number of ketones is 1. The van der Waals surface area contributed by atoms with Crippen LogP contribution in [-0.4, -0.2) is 34.2 Å². The SMILES string of the molecule is COc1ccc(OC)c(C(=O)c2c(OC)cccc2OC)c1. The Kier molecular flexibility index (Phi) is 4.88. The number of benzene rings is 2. The summed E-state index contributed by atoms with van der Waals surface area (Å²) in [6.45, 7) is 0. The van der Waals surface area contributed by atoms with Crippen molar-refractivity contribution in [2.75, 3.05) is 28.4 Å². The van der Waals surface area contributed by atoms with Crippen molar-refractivity contribution in [1.82, 2.24) is 0 Å². The molecule has 2 aromatic carbocycles.